The SMILES string of the molecule is CC1CCCN(C(=O)CNCCC(C)(C)CCC(=O)O)C1. The maximum absolute atomic E-state index is 12.1. The van der Waals surface area contributed by atoms with Crippen molar-refractivity contribution in [1.82, 2.24) is 10.2 Å². The molecule has 1 heterocycles. The van der Waals surface area contributed by atoms with Crippen molar-refractivity contribution < 1.29 is 14.7 Å². The molecule has 21 heavy (non-hydrogen) atoms. The van der Waals surface area contributed by atoms with E-state index in [1.165, 1.54) is 6.42 Å². The molecule has 0 aromatic heterocycles. The fourth-order valence-electron chi connectivity index (χ4n) is 2.72. The van der Waals surface area contributed by atoms with Gasteiger partial charge in [0.05, 0.1) is 6.54 Å². The summed E-state index contributed by atoms with van der Waals surface area (Å²) in [6.07, 6.45) is 4.08. The van der Waals surface area contributed by atoms with Crippen molar-refractivity contribution in [3.63, 3.8) is 0 Å². The predicted molar refractivity (Wildman–Crippen MR) is 83.1 cm³/mol. The molecule has 0 saturated carbocycles. The van der Waals surface area contributed by atoms with E-state index in [0.717, 1.165) is 32.5 Å². The Morgan fingerprint density at radius 1 is 1.33 bits per heavy atom. The van der Waals surface area contributed by atoms with Crippen molar-refractivity contribution in [2.75, 3.05) is 26.2 Å². The number of carbonyl (C=O) groups excluding carboxylic acids is 1. The van der Waals surface area contributed by atoms with Gasteiger partial charge in [0.15, 0.2) is 0 Å². The Kier molecular flexibility index (Phi) is 7.15. The van der Waals surface area contributed by atoms with Crippen LogP contribution >= 0.6 is 0 Å². The molecule has 122 valence electrons. The first-order chi connectivity index (χ1) is 9.80. The first-order valence-corrected chi connectivity index (χ1v) is 8.00. The number of nitrogens with zero attached hydrogens (tertiary/aromatic N) is 1. The highest BCUT2D eigenvalue weighted by molar-refractivity contribution is 5.78. The fraction of sp³-hybridized carbons (Fsp3) is 0.875. The van der Waals surface area contributed by atoms with Gasteiger partial charge in [-0.05, 0) is 43.6 Å². The van der Waals surface area contributed by atoms with Crippen LogP contribution in [0.2, 0.25) is 0 Å². The van der Waals surface area contributed by atoms with Gasteiger partial charge < -0.3 is 15.3 Å². The topological polar surface area (TPSA) is 69.6 Å². The van der Waals surface area contributed by atoms with E-state index in [9.17, 15) is 9.59 Å². The minimum atomic E-state index is -0.745. The molecule has 0 bridgehead atoms. The average Bonchev–Trinajstić information content (AvgIpc) is 2.41. The van der Waals surface area contributed by atoms with Crippen molar-refractivity contribution in [2.24, 2.45) is 11.3 Å². The molecule has 0 aromatic rings. The molecule has 1 rings (SSSR count). The Labute approximate surface area is 128 Å². The second kappa shape index (κ2) is 8.37. The molecular formula is C16H30N2O3. The number of amides is 1. The highest BCUT2D eigenvalue weighted by Gasteiger charge is 2.21. The van der Waals surface area contributed by atoms with Gasteiger partial charge >= 0.3 is 5.97 Å². The molecule has 0 aliphatic carbocycles. The smallest absolute Gasteiger partial charge is 0.303 e. The lowest BCUT2D eigenvalue weighted by molar-refractivity contribution is -0.137. The van der Waals surface area contributed by atoms with Crippen LogP contribution in [0, 0.1) is 11.3 Å². The van der Waals surface area contributed by atoms with Crippen LogP contribution < -0.4 is 5.32 Å². The molecule has 1 aliphatic rings. The second-order valence-corrected chi connectivity index (χ2v) is 7.07. The maximum atomic E-state index is 12.1. The third-order valence-electron chi connectivity index (χ3n) is 4.28. The Morgan fingerprint density at radius 3 is 2.67 bits per heavy atom. The first-order valence-electron chi connectivity index (χ1n) is 8.00. The molecular weight excluding hydrogens is 268 g/mol. The summed E-state index contributed by atoms with van der Waals surface area (Å²) in [6, 6.07) is 0. The summed E-state index contributed by atoms with van der Waals surface area (Å²) in [7, 11) is 0. The van der Waals surface area contributed by atoms with Crippen LogP contribution in [0.25, 0.3) is 0 Å². The largest absolute Gasteiger partial charge is 0.481 e. The van der Waals surface area contributed by atoms with Crippen LogP contribution in [0.5, 0.6) is 0 Å². The standard InChI is InChI=1S/C16H30N2O3/c1-13-5-4-10-18(12-13)14(19)11-17-9-8-16(2,3)7-6-15(20)21/h13,17H,4-12H2,1-3H3,(H,20,21). The molecule has 1 amide bonds. The molecule has 1 unspecified atom stereocenters. The molecule has 1 aliphatic heterocycles. The van der Waals surface area contributed by atoms with Gasteiger partial charge in [0.1, 0.15) is 0 Å². The van der Waals surface area contributed by atoms with Crippen molar-refractivity contribution in [2.45, 2.75) is 52.9 Å². The lowest BCUT2D eigenvalue weighted by Gasteiger charge is -2.31. The van der Waals surface area contributed by atoms with Crippen LogP contribution in [-0.4, -0.2) is 48.1 Å². The van der Waals surface area contributed by atoms with Crippen LogP contribution in [0.4, 0.5) is 0 Å². The number of hydrogen-bond acceptors (Lipinski definition) is 3. The molecule has 0 aromatic carbocycles. The number of carboxylic acids is 1. The number of aliphatic carboxylic acids is 1. The number of carbonyl (C=O) groups is 2. The van der Waals surface area contributed by atoms with Crippen molar-refractivity contribution in [3.05, 3.63) is 0 Å². The normalized spacial score (nSPS) is 19.6. The van der Waals surface area contributed by atoms with Gasteiger partial charge in [0.25, 0.3) is 0 Å². The number of rotatable bonds is 8. The van der Waals surface area contributed by atoms with Crippen molar-refractivity contribution >= 4 is 11.9 Å². The van der Waals surface area contributed by atoms with E-state index in [0.29, 0.717) is 18.9 Å². The number of nitrogens with one attached hydrogen (secondary N) is 1. The van der Waals surface area contributed by atoms with E-state index >= 15 is 0 Å². The number of likely N-dealkylation sites (tertiary alicyclic amines) is 1. The minimum Gasteiger partial charge on any atom is -0.481 e. The molecule has 1 fully saturated rings. The summed E-state index contributed by atoms with van der Waals surface area (Å²) >= 11 is 0. The van der Waals surface area contributed by atoms with Gasteiger partial charge in [0.2, 0.25) is 5.91 Å². The van der Waals surface area contributed by atoms with Crippen LogP contribution in [0.15, 0.2) is 0 Å². The molecule has 5 nitrogen and oxygen atoms in total. The minimum absolute atomic E-state index is 0.00588. The van der Waals surface area contributed by atoms with Gasteiger partial charge in [-0.2, -0.15) is 0 Å². The number of piperidine rings is 1. The third kappa shape index (κ3) is 7.46. The third-order valence-corrected chi connectivity index (χ3v) is 4.28. The Morgan fingerprint density at radius 2 is 2.05 bits per heavy atom. The van der Waals surface area contributed by atoms with Crippen LogP contribution in [0.1, 0.15) is 52.9 Å². The summed E-state index contributed by atoms with van der Waals surface area (Å²) < 4.78 is 0. The van der Waals surface area contributed by atoms with Crippen molar-refractivity contribution in [1.29, 1.82) is 0 Å². The lowest BCUT2D eigenvalue weighted by atomic mass is 9.84. The van der Waals surface area contributed by atoms with Gasteiger partial charge in [-0.15, -0.1) is 0 Å². The highest BCUT2D eigenvalue weighted by Crippen LogP contribution is 2.25. The zero-order valence-corrected chi connectivity index (χ0v) is 13.7. The molecule has 5 heteroatoms. The summed E-state index contributed by atoms with van der Waals surface area (Å²) in [6.45, 7) is 9.25. The Hall–Kier alpha value is -1.10. The fourth-order valence-corrected chi connectivity index (χ4v) is 2.72. The maximum Gasteiger partial charge on any atom is 0.303 e. The predicted octanol–water partition coefficient (Wildman–Crippen LogP) is 2.12. The Bertz CT molecular complexity index is 355. The molecule has 0 spiro atoms. The van der Waals surface area contributed by atoms with E-state index in [2.05, 4.69) is 26.1 Å². The van der Waals surface area contributed by atoms with Gasteiger partial charge in [-0.1, -0.05) is 20.8 Å². The first kappa shape index (κ1) is 18.0. The molecule has 0 radical (unpaired) electrons. The molecule has 1 saturated heterocycles. The number of carboxylic acid groups (broad SMARTS) is 1. The van der Waals surface area contributed by atoms with Crippen LogP contribution in [0.3, 0.4) is 0 Å². The zero-order valence-electron chi connectivity index (χ0n) is 13.7. The van der Waals surface area contributed by atoms with Gasteiger partial charge in [-0.3, -0.25) is 9.59 Å². The molecule has 2 N–H and O–H groups in total. The van der Waals surface area contributed by atoms with Crippen molar-refractivity contribution in [3.8, 4) is 0 Å². The van der Waals surface area contributed by atoms with E-state index in [4.69, 9.17) is 5.11 Å². The summed E-state index contributed by atoms with van der Waals surface area (Å²) in [4.78, 5) is 24.6. The average molecular weight is 298 g/mol. The molecule has 1 atom stereocenters. The zero-order chi connectivity index (χ0) is 15.9. The Balaban J connectivity index is 2.18. The monoisotopic (exact) mass is 298 g/mol. The van der Waals surface area contributed by atoms with E-state index in [1.807, 2.05) is 4.90 Å². The van der Waals surface area contributed by atoms with E-state index in [-0.39, 0.29) is 17.7 Å². The quantitative estimate of drug-likeness (QED) is 0.673. The second-order valence-electron chi connectivity index (χ2n) is 7.07. The highest BCUT2D eigenvalue weighted by atomic mass is 16.4. The van der Waals surface area contributed by atoms with Gasteiger partial charge in [0, 0.05) is 19.5 Å². The van der Waals surface area contributed by atoms with Gasteiger partial charge in [-0.25, -0.2) is 0 Å². The lowest BCUT2D eigenvalue weighted by Crippen LogP contribution is -2.43. The number of hydrogen-bond donors (Lipinski definition) is 2. The van der Waals surface area contributed by atoms with Crippen LogP contribution in [-0.2, 0) is 9.59 Å². The summed E-state index contributed by atoms with van der Waals surface area (Å²) in [5.41, 5.74) is -0.00588. The van der Waals surface area contributed by atoms with E-state index < -0.39 is 5.97 Å². The summed E-state index contributed by atoms with van der Waals surface area (Å²) in [5, 5.41) is 11.9. The summed E-state index contributed by atoms with van der Waals surface area (Å²) in [5.74, 6) is 0.0491. The van der Waals surface area contributed by atoms with E-state index in [1.54, 1.807) is 0 Å².